The number of aliphatic hydroxyl groups excluding tert-OH is 1. The molecule has 0 aliphatic heterocycles. The second kappa shape index (κ2) is 5.37. The Morgan fingerprint density at radius 1 is 1.35 bits per heavy atom. The second-order valence-electron chi connectivity index (χ2n) is 3.86. The molecule has 2 aromatic rings. The summed E-state index contributed by atoms with van der Waals surface area (Å²) in [7, 11) is 1.29. The van der Waals surface area contributed by atoms with Crippen molar-refractivity contribution in [3.8, 4) is 5.75 Å². The molecule has 0 saturated carbocycles. The first-order valence-corrected chi connectivity index (χ1v) is 6.19. The summed E-state index contributed by atoms with van der Waals surface area (Å²) in [6, 6.07) is 3.68. The highest BCUT2D eigenvalue weighted by Crippen LogP contribution is 2.36. The zero-order valence-corrected chi connectivity index (χ0v) is 10.9. The number of ether oxygens (including phenoxy) is 1. The molecule has 20 heavy (non-hydrogen) atoms. The number of hydrogen-bond donors (Lipinski definition) is 1. The highest BCUT2D eigenvalue weighted by atomic mass is 32.1. The first kappa shape index (κ1) is 14.7. The molecule has 1 N–H and O–H groups in total. The molecule has 0 fully saturated rings. The van der Waals surface area contributed by atoms with E-state index in [2.05, 4.69) is 4.98 Å². The summed E-state index contributed by atoms with van der Waals surface area (Å²) in [6.07, 6.45) is -5.00. The molecule has 1 atom stereocenters. The number of benzene rings is 1. The van der Waals surface area contributed by atoms with Crippen LogP contribution in [-0.2, 0) is 6.18 Å². The maximum absolute atomic E-state index is 13.5. The van der Waals surface area contributed by atoms with Crippen molar-refractivity contribution in [2.24, 2.45) is 0 Å². The highest BCUT2D eigenvalue weighted by Gasteiger charge is 2.35. The maximum Gasteiger partial charge on any atom is 0.443 e. The van der Waals surface area contributed by atoms with Crippen LogP contribution in [0.4, 0.5) is 17.6 Å². The Morgan fingerprint density at radius 3 is 2.55 bits per heavy atom. The average molecular weight is 307 g/mol. The van der Waals surface area contributed by atoms with Gasteiger partial charge in [-0.1, -0.05) is 6.07 Å². The molecule has 1 heterocycles. The molecule has 0 aliphatic carbocycles. The lowest BCUT2D eigenvalue weighted by Gasteiger charge is -2.10. The van der Waals surface area contributed by atoms with Crippen molar-refractivity contribution in [3.63, 3.8) is 0 Å². The van der Waals surface area contributed by atoms with Crippen LogP contribution in [0.15, 0.2) is 24.4 Å². The van der Waals surface area contributed by atoms with Gasteiger partial charge in [0.15, 0.2) is 16.6 Å². The van der Waals surface area contributed by atoms with Gasteiger partial charge in [0.25, 0.3) is 0 Å². The van der Waals surface area contributed by atoms with Crippen molar-refractivity contribution in [1.29, 1.82) is 0 Å². The average Bonchev–Trinajstić information content (AvgIpc) is 2.87. The van der Waals surface area contributed by atoms with Crippen molar-refractivity contribution in [1.82, 2.24) is 4.98 Å². The molecule has 108 valence electrons. The molecule has 0 amide bonds. The van der Waals surface area contributed by atoms with Gasteiger partial charge in [0.05, 0.1) is 12.0 Å². The third-order valence-electron chi connectivity index (χ3n) is 2.53. The highest BCUT2D eigenvalue weighted by molar-refractivity contribution is 7.11. The zero-order chi connectivity index (χ0) is 14.9. The van der Waals surface area contributed by atoms with Gasteiger partial charge in [-0.05, 0) is 17.7 Å². The van der Waals surface area contributed by atoms with Crippen LogP contribution in [-0.4, -0.2) is 17.2 Å². The van der Waals surface area contributed by atoms with E-state index in [4.69, 9.17) is 4.74 Å². The molecule has 1 aromatic heterocycles. The Hall–Kier alpha value is -1.67. The van der Waals surface area contributed by atoms with Gasteiger partial charge in [0.2, 0.25) is 0 Å². The van der Waals surface area contributed by atoms with E-state index >= 15 is 0 Å². The first-order chi connectivity index (χ1) is 9.32. The van der Waals surface area contributed by atoms with Crippen molar-refractivity contribution in [3.05, 3.63) is 45.7 Å². The fourth-order valence-electron chi connectivity index (χ4n) is 1.56. The zero-order valence-electron chi connectivity index (χ0n) is 10.1. The number of alkyl halides is 3. The summed E-state index contributed by atoms with van der Waals surface area (Å²) in [6.45, 7) is 0. The number of hydrogen-bond acceptors (Lipinski definition) is 4. The lowest BCUT2D eigenvalue weighted by Crippen LogP contribution is -2.03. The van der Waals surface area contributed by atoms with Gasteiger partial charge in [-0.25, -0.2) is 9.37 Å². The topological polar surface area (TPSA) is 42.4 Å². The monoisotopic (exact) mass is 307 g/mol. The van der Waals surface area contributed by atoms with E-state index in [-0.39, 0.29) is 16.2 Å². The Kier molecular flexibility index (Phi) is 3.96. The molecule has 3 nitrogen and oxygen atoms in total. The molecular formula is C12H9F4NO2S. The van der Waals surface area contributed by atoms with Crippen molar-refractivity contribution < 1.29 is 27.4 Å². The summed E-state index contributed by atoms with van der Waals surface area (Å²) in [4.78, 5) is 3.19. The quantitative estimate of drug-likeness (QED) is 0.884. The minimum atomic E-state index is -4.56. The number of rotatable bonds is 3. The largest absolute Gasteiger partial charge is 0.494 e. The maximum atomic E-state index is 13.5. The van der Waals surface area contributed by atoms with E-state index in [9.17, 15) is 22.7 Å². The summed E-state index contributed by atoms with van der Waals surface area (Å²) >= 11 is 0.319. The lowest BCUT2D eigenvalue weighted by molar-refractivity contribution is -0.137. The van der Waals surface area contributed by atoms with Crippen LogP contribution >= 0.6 is 11.3 Å². The minimum Gasteiger partial charge on any atom is -0.494 e. The number of thiazole rings is 1. The summed E-state index contributed by atoms with van der Waals surface area (Å²) in [5.41, 5.74) is 0.126. The van der Waals surface area contributed by atoms with Gasteiger partial charge in [0, 0.05) is 6.20 Å². The third kappa shape index (κ3) is 2.91. The Balaban J connectivity index is 2.29. The van der Waals surface area contributed by atoms with Crippen LogP contribution in [0.25, 0.3) is 0 Å². The molecule has 1 unspecified atom stereocenters. The smallest absolute Gasteiger partial charge is 0.443 e. The summed E-state index contributed by atoms with van der Waals surface area (Å²) in [5.74, 6) is -0.717. The number of methoxy groups -OCH3 is 1. The Bertz CT molecular complexity index is 612. The molecule has 0 bridgehead atoms. The van der Waals surface area contributed by atoms with Crippen molar-refractivity contribution in [2.75, 3.05) is 7.11 Å². The number of nitrogens with zero attached hydrogens (tertiary/aromatic N) is 1. The van der Waals surface area contributed by atoms with Crippen molar-refractivity contribution >= 4 is 11.3 Å². The minimum absolute atomic E-state index is 0.0121. The van der Waals surface area contributed by atoms with Gasteiger partial charge < -0.3 is 9.84 Å². The Labute approximate surface area is 115 Å². The number of aromatic nitrogens is 1. The fourth-order valence-corrected chi connectivity index (χ4v) is 2.36. The van der Waals surface area contributed by atoms with Crippen molar-refractivity contribution in [2.45, 2.75) is 12.3 Å². The van der Waals surface area contributed by atoms with Crippen LogP contribution in [0, 0.1) is 5.82 Å². The van der Waals surface area contributed by atoms with Crippen LogP contribution in [0.2, 0.25) is 0 Å². The van der Waals surface area contributed by atoms with Gasteiger partial charge in [-0.2, -0.15) is 13.2 Å². The van der Waals surface area contributed by atoms with Crippen LogP contribution in [0.5, 0.6) is 5.75 Å². The molecule has 8 heteroatoms. The van der Waals surface area contributed by atoms with Gasteiger partial charge >= 0.3 is 6.18 Å². The third-order valence-corrected chi connectivity index (χ3v) is 3.62. The molecule has 0 saturated heterocycles. The van der Waals surface area contributed by atoms with Crippen LogP contribution in [0.3, 0.4) is 0 Å². The normalized spacial score (nSPS) is 13.3. The SMILES string of the molecule is COc1ccc(C(O)c2cnc(C(F)(F)F)s2)cc1F. The number of halogens is 4. The van der Waals surface area contributed by atoms with Gasteiger partial charge in [0.1, 0.15) is 6.10 Å². The van der Waals surface area contributed by atoms with Gasteiger partial charge in [-0.15, -0.1) is 11.3 Å². The number of aliphatic hydroxyl groups is 1. The standard InChI is InChI=1S/C12H9F4NO2S/c1-19-8-3-2-6(4-7(8)13)10(18)9-5-17-11(20-9)12(14,15)16/h2-5,10,18H,1H3. The van der Waals surface area contributed by atoms with E-state index in [1.807, 2.05) is 0 Å². The van der Waals surface area contributed by atoms with E-state index < -0.39 is 23.1 Å². The molecule has 1 aromatic carbocycles. The van der Waals surface area contributed by atoms with Crippen LogP contribution in [0.1, 0.15) is 21.6 Å². The van der Waals surface area contributed by atoms with E-state index in [0.29, 0.717) is 11.3 Å². The summed E-state index contributed by atoms with van der Waals surface area (Å²) in [5, 5.41) is 8.90. The molecule has 0 aliphatic rings. The molecule has 2 rings (SSSR count). The lowest BCUT2D eigenvalue weighted by atomic mass is 10.1. The van der Waals surface area contributed by atoms with Gasteiger partial charge in [-0.3, -0.25) is 0 Å². The predicted molar refractivity (Wildman–Crippen MR) is 64.1 cm³/mol. The molecule has 0 radical (unpaired) electrons. The first-order valence-electron chi connectivity index (χ1n) is 5.37. The van der Waals surface area contributed by atoms with E-state index in [1.165, 1.54) is 19.2 Å². The predicted octanol–water partition coefficient (Wildman–Crippen LogP) is 3.39. The Morgan fingerprint density at radius 2 is 2.05 bits per heavy atom. The molecular weight excluding hydrogens is 298 g/mol. The second-order valence-corrected chi connectivity index (χ2v) is 4.92. The van der Waals surface area contributed by atoms with E-state index in [1.54, 1.807) is 0 Å². The molecule has 0 spiro atoms. The fraction of sp³-hybridized carbons (Fsp3) is 0.250. The van der Waals surface area contributed by atoms with E-state index in [0.717, 1.165) is 12.3 Å². The summed E-state index contributed by atoms with van der Waals surface area (Å²) < 4.78 is 55.5. The van der Waals surface area contributed by atoms with Crippen LogP contribution < -0.4 is 4.74 Å².